The van der Waals surface area contributed by atoms with Crippen LogP contribution < -0.4 is 10.1 Å². The summed E-state index contributed by atoms with van der Waals surface area (Å²) in [5.74, 6) is -2.62. The van der Waals surface area contributed by atoms with Gasteiger partial charge in [-0.15, -0.1) is 0 Å². The number of nitrogens with zero attached hydrogens (tertiary/aromatic N) is 3. The number of pyridine rings is 1. The third kappa shape index (κ3) is 5.24. The third-order valence-electron chi connectivity index (χ3n) is 6.14. The first-order chi connectivity index (χ1) is 17.4. The van der Waals surface area contributed by atoms with E-state index in [9.17, 15) is 23.9 Å². The molecular weight excluding hydrogens is 503 g/mol. The van der Waals surface area contributed by atoms with Crippen molar-refractivity contribution in [1.29, 1.82) is 0 Å². The Bertz CT molecular complexity index is 1270. The summed E-state index contributed by atoms with van der Waals surface area (Å²) in [6.45, 7) is 9.87. The van der Waals surface area contributed by atoms with Crippen LogP contribution in [-0.4, -0.2) is 69.9 Å². The van der Waals surface area contributed by atoms with Gasteiger partial charge in [0, 0.05) is 26.1 Å². The zero-order valence-electron chi connectivity index (χ0n) is 20.8. The summed E-state index contributed by atoms with van der Waals surface area (Å²) in [6.07, 6.45) is 1.33. The molecule has 1 fully saturated rings. The van der Waals surface area contributed by atoms with E-state index in [0.717, 1.165) is 6.07 Å². The van der Waals surface area contributed by atoms with Gasteiger partial charge in [0.15, 0.2) is 5.75 Å². The Morgan fingerprint density at radius 3 is 2.70 bits per heavy atom. The van der Waals surface area contributed by atoms with Crippen molar-refractivity contribution in [2.24, 2.45) is 5.41 Å². The Hall–Kier alpha value is -3.66. The van der Waals surface area contributed by atoms with Crippen LogP contribution in [0.3, 0.4) is 0 Å². The zero-order chi connectivity index (χ0) is 27.1. The second kappa shape index (κ2) is 10.0. The molecule has 0 unspecified atom stereocenters. The van der Waals surface area contributed by atoms with Gasteiger partial charge < -0.3 is 25.0 Å². The summed E-state index contributed by atoms with van der Waals surface area (Å²) >= 11 is 6.63. The van der Waals surface area contributed by atoms with Crippen molar-refractivity contribution < 1.29 is 28.6 Å². The highest BCUT2D eigenvalue weighted by Crippen LogP contribution is 2.45. The van der Waals surface area contributed by atoms with E-state index in [4.69, 9.17) is 16.3 Å². The lowest BCUT2D eigenvalue weighted by Crippen LogP contribution is -2.57. The molecule has 2 aromatic rings. The lowest BCUT2D eigenvalue weighted by molar-refractivity contribution is -0.128. The lowest BCUT2D eigenvalue weighted by atomic mass is 9.92. The van der Waals surface area contributed by atoms with E-state index in [-0.39, 0.29) is 77.4 Å². The Labute approximate surface area is 218 Å². The van der Waals surface area contributed by atoms with Crippen LogP contribution in [0.15, 0.2) is 30.9 Å². The number of amides is 3. The number of hydrogen-bond donors (Lipinski definition) is 2. The fraction of sp³-hybridized carbons (Fsp3) is 0.385. The first-order valence-electron chi connectivity index (χ1n) is 11.8. The maximum Gasteiger partial charge on any atom is 0.261 e. The second-order valence-electron chi connectivity index (χ2n) is 10.2. The number of aromatic hydroxyl groups is 1. The molecule has 1 aromatic carbocycles. The number of halogens is 2. The fourth-order valence-corrected chi connectivity index (χ4v) is 4.74. The van der Waals surface area contributed by atoms with Gasteiger partial charge in [-0.25, -0.2) is 9.37 Å². The van der Waals surface area contributed by atoms with Crippen LogP contribution in [0.2, 0.25) is 5.02 Å². The molecule has 1 saturated heterocycles. The van der Waals surface area contributed by atoms with Crippen molar-refractivity contribution in [3.63, 3.8) is 0 Å². The van der Waals surface area contributed by atoms with Crippen molar-refractivity contribution in [2.45, 2.75) is 33.2 Å². The SMILES string of the molecule is C=CC(=O)N1CCN2C(=O)c3c(NC(=O)CC(C)(C)C)nc(-c4c(O)cccc4F)c(Cl)c3OC[C@H]2C1. The molecule has 1 aromatic heterocycles. The van der Waals surface area contributed by atoms with Crippen LogP contribution in [0.4, 0.5) is 10.2 Å². The Balaban J connectivity index is 1.84. The molecule has 3 heterocycles. The Morgan fingerprint density at radius 1 is 1.32 bits per heavy atom. The predicted molar refractivity (Wildman–Crippen MR) is 136 cm³/mol. The van der Waals surface area contributed by atoms with Gasteiger partial charge in [0.1, 0.15) is 40.3 Å². The summed E-state index contributed by atoms with van der Waals surface area (Å²) in [5.41, 5.74) is -0.905. The molecular formula is C26H28ClFN4O5. The molecule has 2 N–H and O–H groups in total. The zero-order valence-corrected chi connectivity index (χ0v) is 21.6. The van der Waals surface area contributed by atoms with E-state index in [2.05, 4.69) is 16.9 Å². The van der Waals surface area contributed by atoms with Crippen LogP contribution >= 0.6 is 11.6 Å². The molecule has 37 heavy (non-hydrogen) atoms. The fourth-order valence-electron chi connectivity index (χ4n) is 4.45. The first kappa shape index (κ1) is 26.4. The lowest BCUT2D eigenvalue weighted by Gasteiger charge is -2.39. The minimum atomic E-state index is -0.794. The number of piperazine rings is 1. The number of fused-ring (bicyclic) bond motifs is 2. The topological polar surface area (TPSA) is 112 Å². The van der Waals surface area contributed by atoms with Gasteiger partial charge in [-0.1, -0.05) is 45.0 Å². The van der Waals surface area contributed by atoms with Gasteiger partial charge >= 0.3 is 0 Å². The molecule has 9 nitrogen and oxygen atoms in total. The van der Waals surface area contributed by atoms with Gasteiger partial charge in [0.05, 0.1) is 11.6 Å². The van der Waals surface area contributed by atoms with Gasteiger partial charge in [0.2, 0.25) is 11.8 Å². The number of anilines is 1. The molecule has 0 radical (unpaired) electrons. The molecule has 0 saturated carbocycles. The van der Waals surface area contributed by atoms with E-state index >= 15 is 0 Å². The standard InChI is InChI=1S/C26H28ClFN4O5/c1-5-18(35)31-9-10-32-14(12-31)13-37-23-20(25(32)36)24(29-17(34)11-26(2,3)4)30-22(21(23)27)19-15(28)7-6-8-16(19)33/h5-8,14,33H,1,9-13H2,2-4H3,(H,29,30,34)/t14-/m1/s1. The van der Waals surface area contributed by atoms with Crippen LogP contribution in [0.1, 0.15) is 37.6 Å². The highest BCUT2D eigenvalue weighted by molar-refractivity contribution is 6.35. The smallest absolute Gasteiger partial charge is 0.261 e. The number of rotatable bonds is 4. The summed E-state index contributed by atoms with van der Waals surface area (Å²) in [5, 5.41) is 12.9. The average Bonchev–Trinajstić information content (AvgIpc) is 2.96. The number of nitrogens with one attached hydrogen (secondary N) is 1. The third-order valence-corrected chi connectivity index (χ3v) is 6.49. The predicted octanol–water partition coefficient (Wildman–Crippen LogP) is 3.85. The van der Waals surface area contributed by atoms with Gasteiger partial charge in [-0.05, 0) is 23.6 Å². The van der Waals surface area contributed by atoms with Crippen molar-refractivity contribution >= 4 is 35.1 Å². The molecule has 196 valence electrons. The molecule has 2 aliphatic rings. The quantitative estimate of drug-likeness (QED) is 0.581. The second-order valence-corrected chi connectivity index (χ2v) is 10.6. The largest absolute Gasteiger partial charge is 0.507 e. The number of ether oxygens (including phenoxy) is 1. The monoisotopic (exact) mass is 530 g/mol. The van der Waals surface area contributed by atoms with E-state index in [1.807, 2.05) is 20.8 Å². The summed E-state index contributed by atoms with van der Waals surface area (Å²) in [4.78, 5) is 46.3. The number of carbonyl (C=O) groups excluding carboxylic acids is 3. The number of phenolic OH excluding ortho intramolecular Hbond substituents is 1. The first-order valence-corrected chi connectivity index (χ1v) is 12.2. The summed E-state index contributed by atoms with van der Waals surface area (Å²) < 4.78 is 20.8. The van der Waals surface area contributed by atoms with E-state index < -0.39 is 29.4 Å². The van der Waals surface area contributed by atoms with Crippen LogP contribution in [0, 0.1) is 11.2 Å². The van der Waals surface area contributed by atoms with Crippen LogP contribution in [-0.2, 0) is 9.59 Å². The van der Waals surface area contributed by atoms with E-state index in [1.54, 1.807) is 9.80 Å². The number of phenols is 1. The molecule has 0 bridgehead atoms. The van der Waals surface area contributed by atoms with E-state index in [0.29, 0.717) is 0 Å². The molecule has 3 amide bonds. The molecule has 0 aliphatic carbocycles. The Morgan fingerprint density at radius 2 is 2.05 bits per heavy atom. The summed E-state index contributed by atoms with van der Waals surface area (Å²) in [7, 11) is 0. The normalized spacial score (nSPS) is 17.3. The van der Waals surface area contributed by atoms with Crippen LogP contribution in [0.25, 0.3) is 11.3 Å². The highest BCUT2D eigenvalue weighted by Gasteiger charge is 2.40. The summed E-state index contributed by atoms with van der Waals surface area (Å²) in [6, 6.07) is 3.23. The molecule has 4 rings (SSSR count). The van der Waals surface area contributed by atoms with Gasteiger partial charge in [0.25, 0.3) is 5.91 Å². The average molecular weight is 531 g/mol. The number of aromatic nitrogens is 1. The van der Waals surface area contributed by atoms with E-state index in [1.165, 1.54) is 18.2 Å². The maximum atomic E-state index is 14.8. The van der Waals surface area contributed by atoms with Crippen molar-refractivity contribution in [1.82, 2.24) is 14.8 Å². The molecule has 2 aliphatic heterocycles. The van der Waals surface area contributed by atoms with Crippen molar-refractivity contribution in [3.05, 3.63) is 47.3 Å². The minimum Gasteiger partial charge on any atom is -0.507 e. The maximum absolute atomic E-state index is 14.8. The molecule has 0 spiro atoms. The number of benzene rings is 1. The highest BCUT2D eigenvalue weighted by atomic mass is 35.5. The number of carbonyl (C=O) groups is 3. The number of hydrogen-bond acceptors (Lipinski definition) is 6. The van der Waals surface area contributed by atoms with Crippen LogP contribution in [0.5, 0.6) is 11.5 Å². The molecule has 11 heteroatoms. The van der Waals surface area contributed by atoms with Crippen molar-refractivity contribution in [2.75, 3.05) is 31.6 Å². The van der Waals surface area contributed by atoms with Crippen molar-refractivity contribution in [3.8, 4) is 22.8 Å². The van der Waals surface area contributed by atoms with Gasteiger partial charge in [-0.3, -0.25) is 14.4 Å². The van der Waals surface area contributed by atoms with Gasteiger partial charge in [-0.2, -0.15) is 0 Å². The Kier molecular flexibility index (Phi) is 7.14. The minimum absolute atomic E-state index is 0.0124. The molecule has 1 atom stereocenters.